The lowest BCUT2D eigenvalue weighted by atomic mass is 10.2. The molecule has 0 saturated carbocycles. The van der Waals surface area contributed by atoms with Crippen LogP contribution in [0.25, 0.3) is 11.0 Å². The van der Waals surface area contributed by atoms with Gasteiger partial charge < -0.3 is 10.5 Å². The number of nitrogens with two attached hydrogens (primary N) is 1. The normalized spacial score (nSPS) is 10.6. The standard InChI is InChI=1S/C10H10N4O4/c1-14-7-5(8(15)13-10(14)17)3-4(6(11)12-7)9(16)18-2/h3H,1-2H3,(H2,11,12)(H,13,15,17). The van der Waals surface area contributed by atoms with Crippen molar-refractivity contribution in [3.63, 3.8) is 0 Å². The maximum atomic E-state index is 11.6. The van der Waals surface area contributed by atoms with Gasteiger partial charge in [0.1, 0.15) is 11.4 Å². The molecule has 18 heavy (non-hydrogen) atoms. The SMILES string of the molecule is COC(=O)c1cc2c(=O)[nH]c(=O)n(C)c2nc1N. The van der Waals surface area contributed by atoms with Gasteiger partial charge in [-0.15, -0.1) is 0 Å². The highest BCUT2D eigenvalue weighted by Crippen LogP contribution is 2.15. The van der Waals surface area contributed by atoms with E-state index in [1.165, 1.54) is 20.2 Å². The van der Waals surface area contributed by atoms with Crippen molar-refractivity contribution in [1.29, 1.82) is 0 Å². The van der Waals surface area contributed by atoms with E-state index in [1.807, 2.05) is 0 Å². The molecule has 94 valence electrons. The molecule has 0 atom stereocenters. The molecule has 2 heterocycles. The average Bonchev–Trinajstić information content (AvgIpc) is 2.34. The number of esters is 1. The lowest BCUT2D eigenvalue weighted by molar-refractivity contribution is 0.0602. The topological polar surface area (TPSA) is 120 Å². The van der Waals surface area contributed by atoms with Crippen LogP contribution in [0.4, 0.5) is 5.82 Å². The van der Waals surface area contributed by atoms with Gasteiger partial charge in [0.15, 0.2) is 5.65 Å². The predicted octanol–water partition coefficient (Wildman–Crippen LogP) is -1.01. The zero-order valence-electron chi connectivity index (χ0n) is 9.68. The van der Waals surface area contributed by atoms with Crippen LogP contribution in [0.2, 0.25) is 0 Å². The minimum Gasteiger partial charge on any atom is -0.465 e. The molecule has 0 unspecified atom stereocenters. The van der Waals surface area contributed by atoms with Crippen LogP contribution in [0.15, 0.2) is 15.7 Å². The van der Waals surface area contributed by atoms with Crippen LogP contribution in [0.5, 0.6) is 0 Å². The molecule has 0 aliphatic carbocycles. The van der Waals surface area contributed by atoms with Crippen molar-refractivity contribution in [2.45, 2.75) is 0 Å². The first-order valence-electron chi connectivity index (χ1n) is 4.93. The van der Waals surface area contributed by atoms with Gasteiger partial charge in [-0.1, -0.05) is 0 Å². The van der Waals surface area contributed by atoms with Crippen molar-refractivity contribution >= 4 is 22.8 Å². The van der Waals surface area contributed by atoms with Crippen LogP contribution in [-0.2, 0) is 11.8 Å². The zero-order chi connectivity index (χ0) is 13.4. The Hall–Kier alpha value is -2.64. The Balaban J connectivity index is 2.93. The van der Waals surface area contributed by atoms with Crippen molar-refractivity contribution in [3.8, 4) is 0 Å². The Labute approximate surface area is 100 Å². The van der Waals surface area contributed by atoms with Crippen LogP contribution in [0, 0.1) is 0 Å². The lowest BCUT2D eigenvalue weighted by Crippen LogP contribution is -2.29. The molecular weight excluding hydrogens is 240 g/mol. The number of nitrogens with zero attached hydrogens (tertiary/aromatic N) is 2. The number of anilines is 1. The van der Waals surface area contributed by atoms with Gasteiger partial charge in [-0.2, -0.15) is 0 Å². The van der Waals surface area contributed by atoms with Crippen LogP contribution in [0.3, 0.4) is 0 Å². The summed E-state index contributed by atoms with van der Waals surface area (Å²) in [5.74, 6) is -0.801. The molecule has 8 heteroatoms. The van der Waals surface area contributed by atoms with Crippen LogP contribution >= 0.6 is 0 Å². The van der Waals surface area contributed by atoms with E-state index in [1.54, 1.807) is 0 Å². The number of hydrogen-bond donors (Lipinski definition) is 2. The summed E-state index contributed by atoms with van der Waals surface area (Å²) in [6.07, 6.45) is 0. The second-order valence-electron chi connectivity index (χ2n) is 3.60. The average molecular weight is 250 g/mol. The van der Waals surface area contributed by atoms with Crippen molar-refractivity contribution in [2.24, 2.45) is 7.05 Å². The summed E-state index contributed by atoms with van der Waals surface area (Å²) < 4.78 is 5.65. The van der Waals surface area contributed by atoms with E-state index in [0.717, 1.165) is 4.57 Å². The first-order chi connectivity index (χ1) is 8.45. The number of aryl methyl sites for hydroxylation is 1. The molecule has 0 bridgehead atoms. The van der Waals surface area contributed by atoms with Gasteiger partial charge in [-0.05, 0) is 6.07 Å². The third kappa shape index (κ3) is 1.63. The fraction of sp³-hybridized carbons (Fsp3) is 0.200. The highest BCUT2D eigenvalue weighted by atomic mass is 16.5. The molecule has 0 amide bonds. The molecular formula is C10H10N4O4. The number of nitrogen functional groups attached to an aromatic ring is 1. The fourth-order valence-corrected chi connectivity index (χ4v) is 1.56. The van der Waals surface area contributed by atoms with Gasteiger partial charge in [0.05, 0.1) is 12.5 Å². The van der Waals surface area contributed by atoms with E-state index in [2.05, 4.69) is 14.7 Å². The number of aromatic amines is 1. The van der Waals surface area contributed by atoms with Crippen LogP contribution in [-0.4, -0.2) is 27.6 Å². The third-order valence-electron chi connectivity index (χ3n) is 2.52. The first-order valence-corrected chi connectivity index (χ1v) is 4.93. The van der Waals surface area contributed by atoms with Crippen molar-refractivity contribution < 1.29 is 9.53 Å². The summed E-state index contributed by atoms with van der Waals surface area (Å²) in [6, 6.07) is 1.25. The van der Waals surface area contributed by atoms with Crippen molar-refractivity contribution in [2.75, 3.05) is 12.8 Å². The highest BCUT2D eigenvalue weighted by molar-refractivity contribution is 5.97. The van der Waals surface area contributed by atoms with E-state index in [-0.39, 0.29) is 22.4 Å². The second-order valence-corrected chi connectivity index (χ2v) is 3.60. The molecule has 3 N–H and O–H groups in total. The smallest absolute Gasteiger partial charge is 0.341 e. The molecule has 0 radical (unpaired) electrons. The lowest BCUT2D eigenvalue weighted by Gasteiger charge is -2.07. The number of carbonyl (C=O) groups excluding carboxylic acids is 1. The number of fused-ring (bicyclic) bond motifs is 1. The maximum absolute atomic E-state index is 11.6. The molecule has 2 aromatic heterocycles. The summed E-state index contributed by atoms with van der Waals surface area (Å²) in [7, 11) is 2.63. The van der Waals surface area contributed by atoms with E-state index in [4.69, 9.17) is 5.73 Å². The molecule has 2 rings (SSSR count). The molecule has 0 fully saturated rings. The van der Waals surface area contributed by atoms with E-state index in [9.17, 15) is 14.4 Å². The maximum Gasteiger partial charge on any atom is 0.341 e. The summed E-state index contributed by atoms with van der Waals surface area (Å²) in [5, 5.41) is 0.0895. The molecule has 0 spiro atoms. The molecule has 0 aliphatic heterocycles. The van der Waals surface area contributed by atoms with Crippen LogP contribution < -0.4 is 17.0 Å². The number of rotatable bonds is 1. The minimum atomic E-state index is -0.699. The number of aromatic nitrogens is 3. The number of pyridine rings is 1. The Morgan fingerprint density at radius 3 is 2.78 bits per heavy atom. The monoisotopic (exact) mass is 250 g/mol. The van der Waals surface area contributed by atoms with Crippen molar-refractivity contribution in [1.82, 2.24) is 14.5 Å². The van der Waals surface area contributed by atoms with Gasteiger partial charge in [0.25, 0.3) is 5.56 Å². The van der Waals surface area contributed by atoms with Crippen LogP contribution in [0.1, 0.15) is 10.4 Å². The Morgan fingerprint density at radius 1 is 1.50 bits per heavy atom. The molecule has 0 saturated heterocycles. The van der Waals surface area contributed by atoms with E-state index < -0.39 is 17.2 Å². The first kappa shape index (κ1) is 11.8. The summed E-state index contributed by atoms with van der Waals surface area (Å²) in [5.41, 5.74) is 4.44. The largest absolute Gasteiger partial charge is 0.465 e. The minimum absolute atomic E-state index is 0.0193. The van der Waals surface area contributed by atoms with Crippen molar-refractivity contribution in [3.05, 3.63) is 32.5 Å². The van der Waals surface area contributed by atoms with E-state index >= 15 is 0 Å². The Kier molecular flexibility index (Phi) is 2.62. The van der Waals surface area contributed by atoms with Gasteiger partial charge >= 0.3 is 11.7 Å². The van der Waals surface area contributed by atoms with E-state index in [0.29, 0.717) is 0 Å². The number of ether oxygens (including phenoxy) is 1. The Morgan fingerprint density at radius 2 is 2.17 bits per heavy atom. The number of carbonyl (C=O) groups is 1. The summed E-state index contributed by atoms with van der Waals surface area (Å²) in [6.45, 7) is 0. The number of hydrogen-bond acceptors (Lipinski definition) is 6. The quantitative estimate of drug-likeness (QED) is 0.626. The molecule has 8 nitrogen and oxygen atoms in total. The molecule has 0 aliphatic rings. The van der Waals surface area contributed by atoms with Gasteiger partial charge in [-0.3, -0.25) is 14.3 Å². The third-order valence-corrected chi connectivity index (χ3v) is 2.52. The summed E-state index contributed by atoms with van der Waals surface area (Å²) >= 11 is 0. The fourth-order valence-electron chi connectivity index (χ4n) is 1.56. The number of methoxy groups -OCH3 is 1. The van der Waals surface area contributed by atoms with Gasteiger partial charge in [0, 0.05) is 7.05 Å². The predicted molar refractivity (Wildman–Crippen MR) is 63.4 cm³/mol. The molecule has 0 aromatic carbocycles. The summed E-state index contributed by atoms with van der Waals surface area (Å²) in [4.78, 5) is 40.4. The Bertz CT molecular complexity index is 759. The zero-order valence-corrected chi connectivity index (χ0v) is 9.68. The van der Waals surface area contributed by atoms with Gasteiger partial charge in [0.2, 0.25) is 0 Å². The number of nitrogens with one attached hydrogen (secondary N) is 1. The van der Waals surface area contributed by atoms with Gasteiger partial charge in [-0.25, -0.2) is 14.6 Å². The second kappa shape index (κ2) is 3.99. The number of H-pyrrole nitrogens is 1. The highest BCUT2D eigenvalue weighted by Gasteiger charge is 2.15. The molecule has 2 aromatic rings.